The van der Waals surface area contributed by atoms with Gasteiger partial charge in [0.1, 0.15) is 5.82 Å². The molecule has 0 unspecified atom stereocenters. The maximum Gasteiger partial charge on any atom is 0.239 e. The predicted octanol–water partition coefficient (Wildman–Crippen LogP) is 1.54. The minimum atomic E-state index is -0.0453. The van der Waals surface area contributed by atoms with Gasteiger partial charge in [-0.25, -0.2) is 4.98 Å². The van der Waals surface area contributed by atoms with E-state index in [2.05, 4.69) is 32.8 Å². The Hall–Kier alpha value is -1.85. The Morgan fingerprint density at radius 1 is 1.37 bits per heavy atom. The molecule has 3 N–H and O–H groups in total. The molecule has 1 aromatic rings. The van der Waals surface area contributed by atoms with Crippen molar-refractivity contribution in [2.75, 3.05) is 23.7 Å². The quantitative estimate of drug-likeness (QED) is 0.697. The molecule has 106 valence electrons. The number of hydrogen-bond donors (Lipinski definition) is 3. The Balaban J connectivity index is 2.58. The molecule has 0 fully saturated rings. The minimum absolute atomic E-state index is 0.0453. The first-order chi connectivity index (χ1) is 9.02. The highest BCUT2D eigenvalue weighted by Crippen LogP contribution is 2.12. The molecular weight excluding hydrogens is 242 g/mol. The van der Waals surface area contributed by atoms with Crippen LogP contribution in [-0.4, -0.2) is 35.0 Å². The first-order valence-corrected chi connectivity index (χ1v) is 6.63. The summed E-state index contributed by atoms with van der Waals surface area (Å²) >= 11 is 0. The predicted molar refractivity (Wildman–Crippen MR) is 77.3 cm³/mol. The zero-order valence-corrected chi connectivity index (χ0v) is 12.1. The molecule has 0 aliphatic carbocycles. The summed E-state index contributed by atoms with van der Waals surface area (Å²) in [5, 5.41) is 8.97. The number of hydrogen-bond acceptors (Lipinski definition) is 5. The molecule has 0 aliphatic heterocycles. The molecule has 19 heavy (non-hydrogen) atoms. The van der Waals surface area contributed by atoms with Crippen molar-refractivity contribution in [3.05, 3.63) is 11.8 Å². The van der Waals surface area contributed by atoms with E-state index < -0.39 is 0 Å². The average Bonchev–Trinajstić information content (AvgIpc) is 2.35. The lowest BCUT2D eigenvalue weighted by Crippen LogP contribution is -2.35. The standard InChI is InChI=1S/C13H23N5O/c1-5-6-14-13-16-7-10(4)12(18-13)15-8-11(19)17-9(2)3/h7,9H,5-6,8H2,1-4H3,(H,17,19)(H2,14,15,16,18). The number of nitrogens with one attached hydrogen (secondary N) is 3. The first kappa shape index (κ1) is 15.2. The number of aromatic nitrogens is 2. The van der Waals surface area contributed by atoms with Crippen LogP contribution in [-0.2, 0) is 4.79 Å². The molecule has 1 rings (SSSR count). The summed E-state index contributed by atoms with van der Waals surface area (Å²) in [6, 6.07) is 0.141. The van der Waals surface area contributed by atoms with E-state index in [4.69, 9.17) is 0 Å². The Morgan fingerprint density at radius 2 is 2.11 bits per heavy atom. The van der Waals surface area contributed by atoms with E-state index in [1.54, 1.807) is 6.20 Å². The van der Waals surface area contributed by atoms with E-state index in [1.165, 1.54) is 0 Å². The molecular formula is C13H23N5O. The fraction of sp³-hybridized carbons (Fsp3) is 0.615. The molecule has 0 spiro atoms. The van der Waals surface area contributed by atoms with Crippen LogP contribution in [0, 0.1) is 6.92 Å². The number of anilines is 2. The summed E-state index contributed by atoms with van der Waals surface area (Å²) in [6.07, 6.45) is 2.75. The number of aryl methyl sites for hydroxylation is 1. The van der Waals surface area contributed by atoms with Crippen LogP contribution in [0.5, 0.6) is 0 Å². The van der Waals surface area contributed by atoms with Gasteiger partial charge >= 0.3 is 0 Å². The molecule has 1 amide bonds. The lowest BCUT2D eigenvalue weighted by Gasteiger charge is -2.12. The van der Waals surface area contributed by atoms with E-state index in [0.29, 0.717) is 11.8 Å². The highest BCUT2D eigenvalue weighted by molar-refractivity contribution is 5.80. The van der Waals surface area contributed by atoms with E-state index in [0.717, 1.165) is 18.5 Å². The number of amides is 1. The van der Waals surface area contributed by atoms with Crippen molar-refractivity contribution in [3.63, 3.8) is 0 Å². The van der Waals surface area contributed by atoms with Gasteiger partial charge in [0.2, 0.25) is 11.9 Å². The van der Waals surface area contributed by atoms with Crippen molar-refractivity contribution in [1.29, 1.82) is 0 Å². The van der Waals surface area contributed by atoms with Crippen LogP contribution >= 0.6 is 0 Å². The molecule has 0 saturated heterocycles. The van der Waals surface area contributed by atoms with Crippen molar-refractivity contribution in [3.8, 4) is 0 Å². The third-order valence-corrected chi connectivity index (χ3v) is 2.37. The van der Waals surface area contributed by atoms with Gasteiger partial charge in [0.25, 0.3) is 0 Å². The van der Waals surface area contributed by atoms with Gasteiger partial charge < -0.3 is 16.0 Å². The highest BCUT2D eigenvalue weighted by atomic mass is 16.1. The third-order valence-electron chi connectivity index (χ3n) is 2.37. The van der Waals surface area contributed by atoms with Gasteiger partial charge in [0.15, 0.2) is 0 Å². The Kier molecular flexibility index (Phi) is 6.05. The van der Waals surface area contributed by atoms with Crippen molar-refractivity contribution >= 4 is 17.7 Å². The van der Waals surface area contributed by atoms with Gasteiger partial charge in [-0.1, -0.05) is 6.92 Å². The van der Waals surface area contributed by atoms with E-state index in [1.807, 2.05) is 20.8 Å². The molecule has 1 aromatic heterocycles. The summed E-state index contributed by atoms with van der Waals surface area (Å²) in [6.45, 7) is 8.89. The maximum absolute atomic E-state index is 11.6. The molecule has 0 aliphatic rings. The maximum atomic E-state index is 11.6. The molecule has 6 heteroatoms. The SMILES string of the molecule is CCCNc1ncc(C)c(NCC(=O)NC(C)C)n1. The van der Waals surface area contributed by atoms with Gasteiger partial charge in [-0.15, -0.1) is 0 Å². The molecule has 0 radical (unpaired) electrons. The number of carbonyl (C=O) groups is 1. The number of nitrogens with zero attached hydrogens (tertiary/aromatic N) is 2. The second-order valence-electron chi connectivity index (χ2n) is 4.73. The molecule has 6 nitrogen and oxygen atoms in total. The van der Waals surface area contributed by atoms with Gasteiger partial charge in [0.05, 0.1) is 6.54 Å². The van der Waals surface area contributed by atoms with Crippen LogP contribution in [0.2, 0.25) is 0 Å². The monoisotopic (exact) mass is 265 g/mol. The normalized spacial score (nSPS) is 10.4. The van der Waals surface area contributed by atoms with Crippen molar-refractivity contribution in [1.82, 2.24) is 15.3 Å². The summed E-state index contributed by atoms with van der Waals surface area (Å²) in [5.74, 6) is 1.22. The van der Waals surface area contributed by atoms with Crippen LogP contribution in [0.25, 0.3) is 0 Å². The molecule has 0 saturated carbocycles. The zero-order valence-electron chi connectivity index (χ0n) is 12.1. The highest BCUT2D eigenvalue weighted by Gasteiger charge is 2.06. The second kappa shape index (κ2) is 7.56. The number of rotatable bonds is 7. The van der Waals surface area contributed by atoms with Gasteiger partial charge in [-0.3, -0.25) is 4.79 Å². The second-order valence-corrected chi connectivity index (χ2v) is 4.73. The molecule has 1 heterocycles. The first-order valence-electron chi connectivity index (χ1n) is 6.63. The topological polar surface area (TPSA) is 78.9 Å². The van der Waals surface area contributed by atoms with Crippen LogP contribution < -0.4 is 16.0 Å². The van der Waals surface area contributed by atoms with Crippen molar-refractivity contribution in [2.24, 2.45) is 0 Å². The van der Waals surface area contributed by atoms with Crippen LogP contribution in [0.15, 0.2) is 6.20 Å². The summed E-state index contributed by atoms with van der Waals surface area (Å²) in [5.41, 5.74) is 0.916. The molecule has 0 atom stereocenters. The average molecular weight is 265 g/mol. The fourth-order valence-electron chi connectivity index (χ4n) is 1.48. The Morgan fingerprint density at radius 3 is 2.74 bits per heavy atom. The lowest BCUT2D eigenvalue weighted by molar-refractivity contribution is -0.119. The van der Waals surface area contributed by atoms with Crippen molar-refractivity contribution in [2.45, 2.75) is 40.2 Å². The summed E-state index contributed by atoms with van der Waals surface area (Å²) < 4.78 is 0. The van der Waals surface area contributed by atoms with E-state index in [-0.39, 0.29) is 18.5 Å². The smallest absolute Gasteiger partial charge is 0.239 e. The van der Waals surface area contributed by atoms with Gasteiger partial charge in [-0.05, 0) is 27.2 Å². The minimum Gasteiger partial charge on any atom is -0.361 e. The van der Waals surface area contributed by atoms with Crippen LogP contribution in [0.4, 0.5) is 11.8 Å². The van der Waals surface area contributed by atoms with E-state index >= 15 is 0 Å². The number of carbonyl (C=O) groups excluding carboxylic acids is 1. The molecule has 0 aromatic carbocycles. The van der Waals surface area contributed by atoms with Crippen LogP contribution in [0.1, 0.15) is 32.8 Å². The Bertz CT molecular complexity index is 419. The van der Waals surface area contributed by atoms with Gasteiger partial charge in [0, 0.05) is 24.3 Å². The van der Waals surface area contributed by atoms with Crippen LogP contribution in [0.3, 0.4) is 0 Å². The van der Waals surface area contributed by atoms with E-state index in [9.17, 15) is 4.79 Å². The summed E-state index contributed by atoms with van der Waals surface area (Å²) in [7, 11) is 0. The largest absolute Gasteiger partial charge is 0.361 e. The molecule has 0 bridgehead atoms. The van der Waals surface area contributed by atoms with Gasteiger partial charge in [-0.2, -0.15) is 4.98 Å². The summed E-state index contributed by atoms with van der Waals surface area (Å²) in [4.78, 5) is 20.1. The fourth-order valence-corrected chi connectivity index (χ4v) is 1.48. The Labute approximate surface area is 114 Å². The zero-order chi connectivity index (χ0) is 14.3. The third kappa shape index (κ3) is 5.54. The lowest BCUT2D eigenvalue weighted by atomic mass is 10.3. The van der Waals surface area contributed by atoms with Crippen molar-refractivity contribution < 1.29 is 4.79 Å².